The van der Waals surface area contributed by atoms with Crippen LogP contribution in [-0.2, 0) is 4.79 Å². The van der Waals surface area contributed by atoms with Gasteiger partial charge in [0.05, 0.1) is 11.7 Å². The normalized spacial score (nSPS) is 11.1. The molecule has 0 bridgehead atoms. The summed E-state index contributed by atoms with van der Waals surface area (Å²) in [5, 5.41) is 10.7. The second-order valence-corrected chi connectivity index (χ2v) is 3.52. The predicted octanol–water partition coefficient (Wildman–Crippen LogP) is 1.71. The zero-order chi connectivity index (χ0) is 11.4. The van der Waals surface area contributed by atoms with Crippen LogP contribution in [0.3, 0.4) is 0 Å². The van der Waals surface area contributed by atoms with Gasteiger partial charge in [0.15, 0.2) is 0 Å². The van der Waals surface area contributed by atoms with Gasteiger partial charge in [-0.2, -0.15) is 5.10 Å². The topological polar surface area (TPSA) is 57.8 Å². The zero-order valence-electron chi connectivity index (χ0n) is 9.03. The third-order valence-electron chi connectivity index (χ3n) is 2.28. The fourth-order valence-corrected chi connectivity index (χ4v) is 1.52. The van der Waals surface area contributed by atoms with Gasteiger partial charge in [-0.1, -0.05) is 30.4 Å². The van der Waals surface area contributed by atoms with Crippen molar-refractivity contribution in [3.63, 3.8) is 0 Å². The maximum absolute atomic E-state index is 10.7. The molecule has 1 heterocycles. The van der Waals surface area contributed by atoms with Gasteiger partial charge < -0.3 is 5.32 Å². The maximum Gasteiger partial charge on any atom is 0.217 e. The Morgan fingerprint density at radius 2 is 2.44 bits per heavy atom. The number of benzene rings is 1. The summed E-state index contributed by atoms with van der Waals surface area (Å²) in [6.45, 7) is 2.04. The molecule has 0 aliphatic heterocycles. The van der Waals surface area contributed by atoms with Crippen LogP contribution in [0.15, 0.2) is 30.5 Å². The summed E-state index contributed by atoms with van der Waals surface area (Å²) in [6.07, 6.45) is 5.67. The number of carbonyl (C=O) groups is 1. The van der Waals surface area contributed by atoms with Crippen LogP contribution in [0.2, 0.25) is 0 Å². The summed E-state index contributed by atoms with van der Waals surface area (Å²) >= 11 is 0. The van der Waals surface area contributed by atoms with Crippen molar-refractivity contribution in [3.05, 3.63) is 36.0 Å². The monoisotopic (exact) mass is 215 g/mol. The first-order chi connectivity index (χ1) is 7.77. The molecule has 1 amide bonds. The largest absolute Gasteiger partial charge is 0.353 e. The van der Waals surface area contributed by atoms with Crippen LogP contribution < -0.4 is 5.32 Å². The zero-order valence-corrected chi connectivity index (χ0v) is 9.03. The van der Waals surface area contributed by atoms with E-state index in [1.807, 2.05) is 30.4 Å². The van der Waals surface area contributed by atoms with Gasteiger partial charge in [-0.15, -0.1) is 0 Å². The van der Waals surface area contributed by atoms with E-state index < -0.39 is 0 Å². The van der Waals surface area contributed by atoms with Crippen LogP contribution in [0, 0.1) is 0 Å². The van der Waals surface area contributed by atoms with Crippen molar-refractivity contribution in [2.45, 2.75) is 6.92 Å². The molecule has 16 heavy (non-hydrogen) atoms. The Bertz CT molecular complexity index is 528. The molecule has 2 aromatic rings. The molecule has 0 aliphatic carbocycles. The standard InChI is InChI=1S/C12H13N3O/c1-9(16)13-7-3-6-10-4-2-5-11-8-14-15-12(10)11/h2-6,8H,7H2,1H3,(H,13,16)(H,14,15). The number of amides is 1. The van der Waals surface area contributed by atoms with Gasteiger partial charge in [-0.05, 0) is 5.56 Å². The summed E-state index contributed by atoms with van der Waals surface area (Å²) in [5.41, 5.74) is 2.09. The lowest BCUT2D eigenvalue weighted by molar-refractivity contribution is -0.118. The van der Waals surface area contributed by atoms with E-state index >= 15 is 0 Å². The molecule has 0 unspecified atom stereocenters. The number of para-hydroxylation sites is 1. The van der Waals surface area contributed by atoms with Crippen molar-refractivity contribution in [2.75, 3.05) is 6.54 Å². The summed E-state index contributed by atoms with van der Waals surface area (Å²) in [6, 6.07) is 5.99. The Hall–Kier alpha value is -2.10. The molecular weight excluding hydrogens is 202 g/mol. The number of hydrogen-bond acceptors (Lipinski definition) is 2. The van der Waals surface area contributed by atoms with Gasteiger partial charge in [0, 0.05) is 18.9 Å². The number of H-pyrrole nitrogens is 1. The molecule has 1 aromatic heterocycles. The number of aromatic nitrogens is 2. The Morgan fingerprint density at radius 3 is 3.25 bits per heavy atom. The van der Waals surface area contributed by atoms with Crippen molar-refractivity contribution in [2.24, 2.45) is 0 Å². The molecule has 0 radical (unpaired) electrons. The van der Waals surface area contributed by atoms with Crippen LogP contribution in [0.5, 0.6) is 0 Å². The van der Waals surface area contributed by atoms with Crippen molar-refractivity contribution in [1.82, 2.24) is 15.5 Å². The summed E-state index contributed by atoms with van der Waals surface area (Å²) < 4.78 is 0. The first kappa shape index (κ1) is 10.4. The van der Waals surface area contributed by atoms with Crippen molar-refractivity contribution >= 4 is 22.9 Å². The highest BCUT2D eigenvalue weighted by molar-refractivity contribution is 5.86. The Morgan fingerprint density at radius 1 is 1.56 bits per heavy atom. The minimum atomic E-state index is -0.0237. The maximum atomic E-state index is 10.7. The smallest absolute Gasteiger partial charge is 0.217 e. The molecule has 0 atom stereocenters. The van der Waals surface area contributed by atoms with Crippen LogP contribution in [0.1, 0.15) is 12.5 Å². The van der Waals surface area contributed by atoms with Gasteiger partial charge in [0.2, 0.25) is 5.91 Å². The molecule has 4 nitrogen and oxygen atoms in total. The number of carbonyl (C=O) groups excluding carboxylic acids is 1. The first-order valence-electron chi connectivity index (χ1n) is 5.10. The SMILES string of the molecule is CC(=O)NCC=Cc1cccc2cn[nH]c12. The van der Waals surface area contributed by atoms with Crippen LogP contribution >= 0.6 is 0 Å². The van der Waals surface area contributed by atoms with E-state index in [1.54, 1.807) is 6.20 Å². The molecule has 0 fully saturated rings. The lowest BCUT2D eigenvalue weighted by Crippen LogP contribution is -2.19. The molecule has 0 aliphatic rings. The number of nitrogens with zero attached hydrogens (tertiary/aromatic N) is 1. The van der Waals surface area contributed by atoms with Crippen molar-refractivity contribution < 1.29 is 4.79 Å². The quantitative estimate of drug-likeness (QED) is 0.818. The number of rotatable bonds is 3. The highest BCUT2D eigenvalue weighted by atomic mass is 16.1. The Kier molecular flexibility index (Phi) is 3.00. The molecule has 0 saturated carbocycles. The number of fused-ring (bicyclic) bond motifs is 1. The molecule has 0 saturated heterocycles. The van der Waals surface area contributed by atoms with E-state index in [9.17, 15) is 4.79 Å². The van der Waals surface area contributed by atoms with Crippen LogP contribution in [0.25, 0.3) is 17.0 Å². The number of aromatic amines is 1. The number of nitrogens with one attached hydrogen (secondary N) is 2. The summed E-state index contributed by atoms with van der Waals surface area (Å²) in [4.78, 5) is 10.7. The molecule has 4 heteroatoms. The third kappa shape index (κ3) is 2.28. The van der Waals surface area contributed by atoms with Crippen LogP contribution in [-0.4, -0.2) is 22.6 Å². The molecule has 2 rings (SSSR count). The average molecular weight is 215 g/mol. The third-order valence-corrected chi connectivity index (χ3v) is 2.28. The molecule has 1 aromatic carbocycles. The molecule has 2 N–H and O–H groups in total. The fraction of sp³-hybridized carbons (Fsp3) is 0.167. The summed E-state index contributed by atoms with van der Waals surface area (Å²) in [7, 11) is 0. The van der Waals surface area contributed by atoms with Gasteiger partial charge >= 0.3 is 0 Å². The van der Waals surface area contributed by atoms with Crippen molar-refractivity contribution in [3.8, 4) is 0 Å². The highest BCUT2D eigenvalue weighted by Crippen LogP contribution is 2.16. The van der Waals surface area contributed by atoms with E-state index in [2.05, 4.69) is 15.5 Å². The van der Waals surface area contributed by atoms with E-state index in [1.165, 1.54) is 6.92 Å². The molecule has 82 valence electrons. The Labute approximate surface area is 93.4 Å². The van der Waals surface area contributed by atoms with Gasteiger partial charge in [0.25, 0.3) is 0 Å². The predicted molar refractivity (Wildman–Crippen MR) is 63.8 cm³/mol. The minimum Gasteiger partial charge on any atom is -0.353 e. The van der Waals surface area contributed by atoms with E-state index in [-0.39, 0.29) is 5.91 Å². The van der Waals surface area contributed by atoms with E-state index in [0.717, 1.165) is 16.5 Å². The van der Waals surface area contributed by atoms with Crippen LogP contribution in [0.4, 0.5) is 0 Å². The molecule has 0 spiro atoms. The average Bonchev–Trinajstić information content (AvgIpc) is 2.72. The van der Waals surface area contributed by atoms with Gasteiger partial charge in [0.1, 0.15) is 0 Å². The Balaban J connectivity index is 2.14. The lowest BCUT2D eigenvalue weighted by Gasteiger charge is -1.97. The highest BCUT2D eigenvalue weighted by Gasteiger charge is 1.98. The second kappa shape index (κ2) is 4.61. The van der Waals surface area contributed by atoms with Gasteiger partial charge in [-0.3, -0.25) is 9.89 Å². The molecular formula is C12H13N3O. The first-order valence-corrected chi connectivity index (χ1v) is 5.10. The second-order valence-electron chi connectivity index (χ2n) is 3.52. The van der Waals surface area contributed by atoms with E-state index in [4.69, 9.17) is 0 Å². The minimum absolute atomic E-state index is 0.0237. The lowest BCUT2D eigenvalue weighted by atomic mass is 10.1. The number of hydrogen-bond donors (Lipinski definition) is 2. The fourth-order valence-electron chi connectivity index (χ4n) is 1.52. The summed E-state index contributed by atoms with van der Waals surface area (Å²) in [5.74, 6) is -0.0237. The van der Waals surface area contributed by atoms with Crippen molar-refractivity contribution in [1.29, 1.82) is 0 Å². The van der Waals surface area contributed by atoms with Gasteiger partial charge in [-0.25, -0.2) is 0 Å². The van der Waals surface area contributed by atoms with E-state index in [0.29, 0.717) is 6.54 Å².